The first-order valence-corrected chi connectivity index (χ1v) is 11.1. The van der Waals surface area contributed by atoms with Crippen LogP contribution in [0.15, 0.2) is 58.5 Å². The molecular weight excluding hydrogens is 382 g/mol. The molecule has 0 unspecified atom stereocenters. The van der Waals surface area contributed by atoms with Gasteiger partial charge in [-0.05, 0) is 49.9 Å². The molecule has 29 heavy (non-hydrogen) atoms. The molecule has 1 aliphatic rings. The van der Waals surface area contributed by atoms with Gasteiger partial charge in [-0.3, -0.25) is 14.2 Å². The van der Waals surface area contributed by atoms with Gasteiger partial charge in [-0.2, -0.15) is 0 Å². The van der Waals surface area contributed by atoms with Gasteiger partial charge in [-0.25, -0.2) is 4.98 Å². The highest BCUT2D eigenvalue weighted by Crippen LogP contribution is 2.28. The van der Waals surface area contributed by atoms with Gasteiger partial charge in [0.05, 0.1) is 16.7 Å². The zero-order chi connectivity index (χ0) is 20.4. The minimum absolute atomic E-state index is 0.0212. The molecule has 0 radical (unpaired) electrons. The molecule has 0 aliphatic carbocycles. The zero-order valence-electron chi connectivity index (χ0n) is 16.8. The largest absolute Gasteiger partial charge is 0.311 e. The topological polar surface area (TPSA) is 55.2 Å². The van der Waals surface area contributed by atoms with Gasteiger partial charge in [0.25, 0.3) is 5.56 Å². The van der Waals surface area contributed by atoms with Crippen molar-refractivity contribution < 1.29 is 4.79 Å². The van der Waals surface area contributed by atoms with Crippen molar-refractivity contribution in [2.75, 3.05) is 17.2 Å². The Kier molecular flexibility index (Phi) is 5.72. The molecule has 1 atom stereocenters. The number of aryl methyl sites for hydroxylation is 1. The Morgan fingerprint density at radius 3 is 2.76 bits per heavy atom. The van der Waals surface area contributed by atoms with Crippen molar-refractivity contribution in [3.8, 4) is 0 Å². The number of carbonyl (C=O) groups is 1. The Morgan fingerprint density at radius 2 is 1.93 bits per heavy atom. The summed E-state index contributed by atoms with van der Waals surface area (Å²) in [5.41, 5.74) is 2.87. The van der Waals surface area contributed by atoms with Crippen LogP contribution in [0.4, 0.5) is 5.69 Å². The number of fused-ring (bicyclic) bond motifs is 2. The average molecular weight is 408 g/mol. The van der Waals surface area contributed by atoms with E-state index in [1.165, 1.54) is 17.3 Å². The number of nitrogens with zero attached hydrogens (tertiary/aromatic N) is 3. The third-order valence-electron chi connectivity index (χ3n) is 5.54. The maximum atomic E-state index is 13.1. The molecule has 2 aromatic carbocycles. The van der Waals surface area contributed by atoms with Gasteiger partial charge in [-0.15, -0.1) is 0 Å². The van der Waals surface area contributed by atoms with Gasteiger partial charge >= 0.3 is 0 Å². The third kappa shape index (κ3) is 3.81. The fourth-order valence-electron chi connectivity index (χ4n) is 3.80. The van der Waals surface area contributed by atoms with Gasteiger partial charge < -0.3 is 4.90 Å². The summed E-state index contributed by atoms with van der Waals surface area (Å²) in [5, 5.41) is 1.23. The summed E-state index contributed by atoms with van der Waals surface area (Å²) >= 11 is 1.36. The van der Waals surface area contributed by atoms with E-state index >= 15 is 0 Å². The lowest BCUT2D eigenvalue weighted by Gasteiger charge is -2.29. The van der Waals surface area contributed by atoms with Crippen LogP contribution in [0.1, 0.15) is 38.3 Å². The standard InChI is InChI=1S/C23H25N3O2S/c1-3-16(2)26-22(28)18-11-5-6-12-19(18)24-23(26)29-15-21(27)25-14-8-10-17-9-4-7-13-20(17)25/h4-7,9,11-13,16H,3,8,10,14-15H2,1-2H3/t16-/m0/s1. The van der Waals surface area contributed by atoms with E-state index in [-0.39, 0.29) is 23.3 Å². The van der Waals surface area contributed by atoms with Crippen molar-refractivity contribution >= 4 is 34.3 Å². The summed E-state index contributed by atoms with van der Waals surface area (Å²) in [6, 6.07) is 15.5. The van der Waals surface area contributed by atoms with Crippen LogP contribution in [0.3, 0.4) is 0 Å². The second-order valence-corrected chi connectivity index (χ2v) is 8.35. The number of para-hydroxylation sites is 2. The number of aromatic nitrogens is 2. The second-order valence-electron chi connectivity index (χ2n) is 7.41. The highest BCUT2D eigenvalue weighted by atomic mass is 32.2. The minimum atomic E-state index is -0.0387. The van der Waals surface area contributed by atoms with E-state index in [1.54, 1.807) is 4.57 Å². The van der Waals surface area contributed by atoms with Gasteiger partial charge in [0.2, 0.25) is 5.91 Å². The van der Waals surface area contributed by atoms with Crippen LogP contribution < -0.4 is 10.5 Å². The Morgan fingerprint density at radius 1 is 1.17 bits per heavy atom. The first kappa shape index (κ1) is 19.7. The second kappa shape index (κ2) is 8.41. The number of hydrogen-bond acceptors (Lipinski definition) is 4. The molecule has 0 saturated heterocycles. The highest BCUT2D eigenvalue weighted by Gasteiger charge is 2.23. The van der Waals surface area contributed by atoms with Crippen LogP contribution in [0, 0.1) is 0 Å². The van der Waals surface area contributed by atoms with Crippen molar-refractivity contribution in [1.29, 1.82) is 0 Å². The fraction of sp³-hybridized carbons (Fsp3) is 0.348. The van der Waals surface area contributed by atoms with Crippen LogP contribution in [0.5, 0.6) is 0 Å². The molecule has 0 fully saturated rings. The smallest absolute Gasteiger partial charge is 0.262 e. The predicted molar refractivity (Wildman–Crippen MR) is 119 cm³/mol. The number of hydrogen-bond donors (Lipinski definition) is 0. The molecule has 4 rings (SSSR count). The minimum Gasteiger partial charge on any atom is -0.311 e. The number of anilines is 1. The molecule has 1 aromatic heterocycles. The summed E-state index contributed by atoms with van der Waals surface area (Å²) in [6.45, 7) is 4.81. The van der Waals surface area contributed by atoms with E-state index in [1.807, 2.05) is 54.3 Å². The molecule has 0 spiro atoms. The average Bonchev–Trinajstić information content (AvgIpc) is 2.76. The number of amides is 1. The maximum Gasteiger partial charge on any atom is 0.262 e. The number of benzene rings is 2. The van der Waals surface area contributed by atoms with Crippen molar-refractivity contribution in [2.24, 2.45) is 0 Å². The van der Waals surface area contributed by atoms with Crippen molar-refractivity contribution in [3.05, 3.63) is 64.4 Å². The first-order valence-electron chi connectivity index (χ1n) is 10.1. The fourth-order valence-corrected chi connectivity index (χ4v) is 4.77. The van der Waals surface area contributed by atoms with E-state index in [0.29, 0.717) is 16.1 Å². The molecule has 3 aromatic rings. The van der Waals surface area contributed by atoms with E-state index in [9.17, 15) is 9.59 Å². The Balaban J connectivity index is 1.63. The highest BCUT2D eigenvalue weighted by molar-refractivity contribution is 7.99. The number of carbonyl (C=O) groups excluding carboxylic acids is 1. The van der Waals surface area contributed by atoms with Crippen molar-refractivity contribution in [2.45, 2.75) is 44.3 Å². The van der Waals surface area contributed by atoms with Gasteiger partial charge in [0, 0.05) is 18.3 Å². The van der Waals surface area contributed by atoms with Crippen LogP contribution in [-0.2, 0) is 11.2 Å². The van der Waals surface area contributed by atoms with Crippen LogP contribution in [0.2, 0.25) is 0 Å². The van der Waals surface area contributed by atoms with Gasteiger partial charge in [0.15, 0.2) is 5.16 Å². The monoisotopic (exact) mass is 407 g/mol. The third-order valence-corrected chi connectivity index (χ3v) is 6.48. The Hall–Kier alpha value is -2.60. The van der Waals surface area contributed by atoms with E-state index in [4.69, 9.17) is 4.98 Å². The number of rotatable bonds is 5. The lowest BCUT2D eigenvalue weighted by molar-refractivity contribution is -0.116. The van der Waals surface area contributed by atoms with Crippen molar-refractivity contribution in [3.63, 3.8) is 0 Å². The lowest BCUT2D eigenvalue weighted by Crippen LogP contribution is -2.37. The summed E-state index contributed by atoms with van der Waals surface area (Å²) in [4.78, 5) is 32.7. The Bertz CT molecular complexity index is 1110. The van der Waals surface area contributed by atoms with Crippen LogP contribution >= 0.6 is 11.8 Å². The molecule has 150 valence electrons. The van der Waals surface area contributed by atoms with Crippen molar-refractivity contribution in [1.82, 2.24) is 9.55 Å². The van der Waals surface area contributed by atoms with Crippen LogP contribution in [0.25, 0.3) is 10.9 Å². The Labute approximate surface area is 174 Å². The maximum absolute atomic E-state index is 13.1. The molecule has 0 saturated carbocycles. The SMILES string of the molecule is CC[C@H](C)n1c(SCC(=O)N2CCCc3ccccc32)nc2ccccc2c1=O. The molecule has 5 nitrogen and oxygen atoms in total. The summed E-state index contributed by atoms with van der Waals surface area (Å²) in [6.07, 6.45) is 2.80. The van der Waals surface area contributed by atoms with Gasteiger partial charge in [-0.1, -0.05) is 49.0 Å². The number of thioether (sulfide) groups is 1. The molecule has 1 aliphatic heterocycles. The molecular formula is C23H25N3O2S. The molecule has 2 heterocycles. The molecule has 0 N–H and O–H groups in total. The van der Waals surface area contributed by atoms with E-state index < -0.39 is 0 Å². The van der Waals surface area contributed by atoms with Crippen LogP contribution in [-0.4, -0.2) is 27.8 Å². The molecule has 6 heteroatoms. The quantitative estimate of drug-likeness (QED) is 0.463. The summed E-state index contributed by atoms with van der Waals surface area (Å²) in [7, 11) is 0. The van der Waals surface area contributed by atoms with E-state index in [0.717, 1.165) is 31.5 Å². The predicted octanol–water partition coefficient (Wildman–Crippen LogP) is 4.44. The summed E-state index contributed by atoms with van der Waals surface area (Å²) in [5.74, 6) is 0.315. The van der Waals surface area contributed by atoms with Gasteiger partial charge in [0.1, 0.15) is 0 Å². The molecule has 0 bridgehead atoms. The first-order chi connectivity index (χ1) is 14.1. The lowest BCUT2D eigenvalue weighted by atomic mass is 10.0. The van der Waals surface area contributed by atoms with E-state index in [2.05, 4.69) is 13.0 Å². The summed E-state index contributed by atoms with van der Waals surface area (Å²) < 4.78 is 1.74. The zero-order valence-corrected chi connectivity index (χ0v) is 17.6. The molecule has 1 amide bonds. The normalized spacial score (nSPS) is 14.6.